The highest BCUT2D eigenvalue weighted by Gasteiger charge is 2.07. The van der Waals surface area contributed by atoms with Gasteiger partial charge in [-0.05, 0) is 44.1 Å². The lowest BCUT2D eigenvalue weighted by molar-refractivity contribution is 0.716. The molecule has 86 valence electrons. The summed E-state index contributed by atoms with van der Waals surface area (Å²) in [4.78, 5) is 3.38. The van der Waals surface area contributed by atoms with Crippen LogP contribution in [-0.2, 0) is 6.42 Å². The third-order valence-corrected chi connectivity index (χ3v) is 3.12. The van der Waals surface area contributed by atoms with Gasteiger partial charge < -0.3 is 10.3 Å². The van der Waals surface area contributed by atoms with E-state index in [-0.39, 0.29) is 0 Å². The zero-order valence-electron chi connectivity index (χ0n) is 9.73. The molecule has 0 amide bonds. The molecule has 0 saturated heterocycles. The number of benzene rings is 1. The fraction of sp³-hybridized carbons (Fsp3) is 0.385. The summed E-state index contributed by atoms with van der Waals surface area (Å²) < 4.78 is 0. The van der Waals surface area contributed by atoms with E-state index in [9.17, 15) is 0 Å². The number of nitrogens with one attached hydrogen (secondary N) is 2. The highest BCUT2D eigenvalue weighted by Crippen LogP contribution is 2.25. The van der Waals surface area contributed by atoms with Gasteiger partial charge in [0.1, 0.15) is 0 Å². The first-order valence-corrected chi connectivity index (χ1v) is 6.07. The molecule has 0 saturated carbocycles. The smallest absolute Gasteiger partial charge is 0.0473 e. The van der Waals surface area contributed by atoms with Crippen LogP contribution in [0.25, 0.3) is 10.9 Å². The van der Waals surface area contributed by atoms with Gasteiger partial charge in [0.05, 0.1) is 0 Å². The Morgan fingerprint density at radius 1 is 1.38 bits per heavy atom. The van der Waals surface area contributed by atoms with Gasteiger partial charge in [0.15, 0.2) is 0 Å². The summed E-state index contributed by atoms with van der Waals surface area (Å²) in [6, 6.07) is 6.04. The number of H-pyrrole nitrogens is 1. The van der Waals surface area contributed by atoms with Crippen molar-refractivity contribution in [2.45, 2.75) is 20.3 Å². The van der Waals surface area contributed by atoms with E-state index in [2.05, 4.69) is 30.2 Å². The molecule has 0 spiro atoms. The molecule has 16 heavy (non-hydrogen) atoms. The van der Waals surface area contributed by atoms with Crippen molar-refractivity contribution >= 4 is 22.5 Å². The van der Waals surface area contributed by atoms with Crippen molar-refractivity contribution in [2.75, 3.05) is 13.1 Å². The van der Waals surface area contributed by atoms with Gasteiger partial charge in [-0.25, -0.2) is 0 Å². The number of aromatic amines is 1. The van der Waals surface area contributed by atoms with Crippen LogP contribution < -0.4 is 5.32 Å². The predicted molar refractivity (Wildman–Crippen MR) is 70.3 cm³/mol. The van der Waals surface area contributed by atoms with Crippen molar-refractivity contribution in [1.29, 1.82) is 0 Å². The molecule has 3 heteroatoms. The van der Waals surface area contributed by atoms with Crippen LogP contribution in [0.3, 0.4) is 0 Å². The fourth-order valence-electron chi connectivity index (χ4n) is 2.07. The van der Waals surface area contributed by atoms with Crippen molar-refractivity contribution in [1.82, 2.24) is 10.3 Å². The van der Waals surface area contributed by atoms with E-state index >= 15 is 0 Å². The minimum absolute atomic E-state index is 0.784. The average molecular weight is 237 g/mol. The summed E-state index contributed by atoms with van der Waals surface area (Å²) >= 11 is 5.97. The molecule has 0 fully saturated rings. The Labute approximate surface area is 101 Å². The molecule has 2 nitrogen and oxygen atoms in total. The van der Waals surface area contributed by atoms with Gasteiger partial charge in [-0.15, -0.1) is 0 Å². The molecule has 0 aliphatic heterocycles. The lowest BCUT2D eigenvalue weighted by Crippen LogP contribution is -2.16. The first-order chi connectivity index (χ1) is 7.72. The van der Waals surface area contributed by atoms with Crippen LogP contribution >= 0.6 is 11.6 Å². The molecule has 1 heterocycles. The first kappa shape index (κ1) is 11.5. The van der Waals surface area contributed by atoms with Gasteiger partial charge in [-0.2, -0.15) is 0 Å². The van der Waals surface area contributed by atoms with Gasteiger partial charge in [-0.1, -0.05) is 24.6 Å². The lowest BCUT2D eigenvalue weighted by Gasteiger charge is -2.02. The molecule has 0 aliphatic rings. The second-order valence-corrected chi connectivity index (χ2v) is 4.46. The van der Waals surface area contributed by atoms with E-state index in [1.807, 2.05) is 12.1 Å². The van der Waals surface area contributed by atoms with Crippen molar-refractivity contribution in [3.8, 4) is 0 Å². The van der Waals surface area contributed by atoms with E-state index in [1.54, 1.807) is 0 Å². The van der Waals surface area contributed by atoms with Gasteiger partial charge in [0, 0.05) is 21.6 Å². The Kier molecular flexibility index (Phi) is 3.52. The fourth-order valence-corrected chi connectivity index (χ4v) is 2.25. The molecule has 2 aromatic rings. The molecule has 1 aromatic carbocycles. The zero-order valence-corrected chi connectivity index (χ0v) is 10.5. The van der Waals surface area contributed by atoms with Gasteiger partial charge in [0.25, 0.3) is 0 Å². The minimum atomic E-state index is 0.784. The van der Waals surface area contributed by atoms with Crippen LogP contribution in [0.4, 0.5) is 0 Å². The van der Waals surface area contributed by atoms with E-state index in [0.717, 1.165) is 30.0 Å². The van der Waals surface area contributed by atoms with Gasteiger partial charge in [-0.3, -0.25) is 0 Å². The van der Waals surface area contributed by atoms with Crippen LogP contribution in [-0.4, -0.2) is 18.1 Å². The number of aryl methyl sites for hydroxylation is 1. The maximum atomic E-state index is 5.97. The van der Waals surface area contributed by atoms with E-state index < -0.39 is 0 Å². The first-order valence-electron chi connectivity index (χ1n) is 5.69. The molecule has 2 rings (SSSR count). The Hall–Kier alpha value is -0.990. The summed E-state index contributed by atoms with van der Waals surface area (Å²) in [5, 5.41) is 5.43. The molecule has 0 aliphatic carbocycles. The van der Waals surface area contributed by atoms with Crippen LogP contribution in [0.15, 0.2) is 18.2 Å². The molecule has 1 aromatic heterocycles. The van der Waals surface area contributed by atoms with Crippen molar-refractivity contribution in [2.24, 2.45) is 0 Å². The lowest BCUT2D eigenvalue weighted by atomic mass is 10.1. The number of aromatic nitrogens is 1. The SMILES string of the molecule is CCNCCc1c(C)[nH]c2cc(Cl)ccc12. The Morgan fingerprint density at radius 3 is 2.94 bits per heavy atom. The Bertz CT molecular complexity index is 488. The number of rotatable bonds is 4. The molecule has 2 N–H and O–H groups in total. The highest BCUT2D eigenvalue weighted by molar-refractivity contribution is 6.31. The molecular weight excluding hydrogens is 220 g/mol. The Balaban J connectivity index is 2.32. The molecule has 0 bridgehead atoms. The number of likely N-dealkylation sites (N-methyl/N-ethyl adjacent to an activating group) is 1. The predicted octanol–water partition coefficient (Wildman–Crippen LogP) is 3.28. The maximum Gasteiger partial charge on any atom is 0.0473 e. The standard InChI is InChI=1S/C13H17ClN2/c1-3-15-7-6-11-9(2)16-13-8-10(14)4-5-12(11)13/h4-5,8,15-16H,3,6-7H2,1-2H3. The molecule has 0 unspecified atom stereocenters. The molecular formula is C13H17ClN2. The minimum Gasteiger partial charge on any atom is -0.358 e. The molecule has 0 atom stereocenters. The number of halogens is 1. The number of hydrogen-bond donors (Lipinski definition) is 2. The maximum absolute atomic E-state index is 5.97. The van der Waals surface area contributed by atoms with Crippen LogP contribution in [0, 0.1) is 6.92 Å². The summed E-state index contributed by atoms with van der Waals surface area (Å²) in [5.74, 6) is 0. The largest absolute Gasteiger partial charge is 0.358 e. The second-order valence-electron chi connectivity index (χ2n) is 4.02. The molecule has 0 radical (unpaired) electrons. The third-order valence-electron chi connectivity index (χ3n) is 2.88. The van der Waals surface area contributed by atoms with Crippen molar-refractivity contribution in [3.05, 3.63) is 34.5 Å². The van der Waals surface area contributed by atoms with Crippen LogP contribution in [0.1, 0.15) is 18.2 Å². The van der Waals surface area contributed by atoms with Crippen molar-refractivity contribution < 1.29 is 0 Å². The Morgan fingerprint density at radius 2 is 2.19 bits per heavy atom. The van der Waals surface area contributed by atoms with Gasteiger partial charge in [0.2, 0.25) is 0 Å². The topological polar surface area (TPSA) is 27.8 Å². The number of fused-ring (bicyclic) bond motifs is 1. The van der Waals surface area contributed by atoms with Crippen LogP contribution in [0.2, 0.25) is 5.02 Å². The highest BCUT2D eigenvalue weighted by atomic mass is 35.5. The summed E-state index contributed by atoms with van der Waals surface area (Å²) in [6.45, 7) is 6.29. The number of hydrogen-bond acceptors (Lipinski definition) is 1. The summed E-state index contributed by atoms with van der Waals surface area (Å²) in [5.41, 5.74) is 3.78. The summed E-state index contributed by atoms with van der Waals surface area (Å²) in [6.07, 6.45) is 1.06. The summed E-state index contributed by atoms with van der Waals surface area (Å²) in [7, 11) is 0. The zero-order chi connectivity index (χ0) is 11.5. The van der Waals surface area contributed by atoms with Crippen molar-refractivity contribution in [3.63, 3.8) is 0 Å². The van der Waals surface area contributed by atoms with E-state index in [0.29, 0.717) is 0 Å². The van der Waals surface area contributed by atoms with E-state index in [4.69, 9.17) is 11.6 Å². The third kappa shape index (κ3) is 2.23. The van der Waals surface area contributed by atoms with Crippen LogP contribution in [0.5, 0.6) is 0 Å². The second kappa shape index (κ2) is 4.89. The van der Waals surface area contributed by atoms with Gasteiger partial charge >= 0.3 is 0 Å². The quantitative estimate of drug-likeness (QED) is 0.784. The average Bonchev–Trinajstić information content (AvgIpc) is 2.55. The van der Waals surface area contributed by atoms with E-state index in [1.165, 1.54) is 16.6 Å². The monoisotopic (exact) mass is 236 g/mol. The normalized spacial score (nSPS) is 11.2.